The highest BCUT2D eigenvalue weighted by atomic mass is 32.1. The molecule has 0 saturated carbocycles. The number of rotatable bonds is 1. The highest BCUT2D eigenvalue weighted by molar-refractivity contribution is 7.10. The van der Waals surface area contributed by atoms with Crippen molar-refractivity contribution < 1.29 is 4.39 Å². The van der Waals surface area contributed by atoms with Crippen LogP contribution in [-0.2, 0) is 0 Å². The van der Waals surface area contributed by atoms with Crippen LogP contribution in [0.1, 0.15) is 4.88 Å². The van der Waals surface area contributed by atoms with Gasteiger partial charge in [-0.2, -0.15) is 0 Å². The number of aromatic amines is 1. The lowest BCUT2D eigenvalue weighted by Gasteiger charge is -1.99. The van der Waals surface area contributed by atoms with E-state index in [9.17, 15) is 9.18 Å². The van der Waals surface area contributed by atoms with Crippen molar-refractivity contribution in [1.29, 1.82) is 0 Å². The Morgan fingerprint density at radius 1 is 1.33 bits per heavy atom. The summed E-state index contributed by atoms with van der Waals surface area (Å²) in [6, 6.07) is 6.66. The van der Waals surface area contributed by atoms with E-state index in [0.29, 0.717) is 16.3 Å². The normalized spacial score (nSPS) is 11.5. The predicted molar refractivity (Wildman–Crippen MR) is 81.8 cm³/mol. The molecular formula is C15H10FN3OS. The molecule has 0 bridgehead atoms. The fraction of sp³-hybridized carbons (Fsp3) is 0.0667. The van der Waals surface area contributed by atoms with Gasteiger partial charge in [0.2, 0.25) is 0 Å². The lowest BCUT2D eigenvalue weighted by atomic mass is 10.1. The zero-order chi connectivity index (χ0) is 14.6. The molecule has 4 rings (SSSR count). The summed E-state index contributed by atoms with van der Waals surface area (Å²) in [6.45, 7) is 1.98. The van der Waals surface area contributed by atoms with Crippen LogP contribution in [0.25, 0.3) is 27.5 Å². The molecule has 0 aliphatic rings. The zero-order valence-electron chi connectivity index (χ0n) is 11.1. The summed E-state index contributed by atoms with van der Waals surface area (Å²) in [5, 5.41) is 6.04. The molecule has 21 heavy (non-hydrogen) atoms. The Balaban J connectivity index is 2.13. The van der Waals surface area contributed by atoms with Crippen LogP contribution in [0.4, 0.5) is 4.39 Å². The summed E-state index contributed by atoms with van der Waals surface area (Å²) in [5.41, 5.74) is 1.47. The molecule has 4 aromatic rings. The predicted octanol–water partition coefficient (Wildman–Crippen LogP) is 3.38. The Morgan fingerprint density at radius 3 is 2.95 bits per heavy atom. The van der Waals surface area contributed by atoms with Gasteiger partial charge >= 0.3 is 0 Å². The maximum atomic E-state index is 13.8. The van der Waals surface area contributed by atoms with E-state index in [1.54, 1.807) is 23.5 Å². The van der Waals surface area contributed by atoms with Gasteiger partial charge in [-0.25, -0.2) is 9.07 Å². The van der Waals surface area contributed by atoms with Crippen LogP contribution >= 0.6 is 11.3 Å². The lowest BCUT2D eigenvalue weighted by molar-refractivity contribution is 0.637. The van der Waals surface area contributed by atoms with E-state index in [0.717, 1.165) is 10.6 Å². The summed E-state index contributed by atoms with van der Waals surface area (Å²) in [7, 11) is 0. The van der Waals surface area contributed by atoms with Crippen LogP contribution in [0.5, 0.6) is 0 Å². The number of nitrogens with one attached hydrogen (secondary N) is 1. The maximum Gasteiger partial charge on any atom is 0.280 e. The topological polar surface area (TPSA) is 50.7 Å². The van der Waals surface area contributed by atoms with Crippen molar-refractivity contribution in [2.24, 2.45) is 0 Å². The Kier molecular flexibility index (Phi) is 2.49. The van der Waals surface area contributed by atoms with Crippen molar-refractivity contribution in [3.63, 3.8) is 0 Å². The average molecular weight is 299 g/mol. The molecule has 6 heteroatoms. The van der Waals surface area contributed by atoms with Crippen LogP contribution in [0.3, 0.4) is 0 Å². The highest BCUT2D eigenvalue weighted by Crippen LogP contribution is 2.23. The van der Waals surface area contributed by atoms with Crippen LogP contribution < -0.4 is 5.56 Å². The van der Waals surface area contributed by atoms with Crippen LogP contribution in [0.15, 0.2) is 40.6 Å². The van der Waals surface area contributed by atoms with E-state index in [4.69, 9.17) is 0 Å². The second-order valence-electron chi connectivity index (χ2n) is 4.85. The largest absolute Gasteiger partial charge is 0.290 e. The maximum absolute atomic E-state index is 13.8. The Morgan fingerprint density at radius 2 is 2.19 bits per heavy atom. The first-order chi connectivity index (χ1) is 10.1. The fourth-order valence-corrected chi connectivity index (χ4v) is 3.15. The van der Waals surface area contributed by atoms with Crippen LogP contribution in [-0.4, -0.2) is 14.8 Å². The van der Waals surface area contributed by atoms with Gasteiger partial charge in [0.25, 0.3) is 5.56 Å². The van der Waals surface area contributed by atoms with E-state index in [2.05, 4.69) is 10.1 Å². The highest BCUT2D eigenvalue weighted by Gasteiger charge is 2.13. The van der Waals surface area contributed by atoms with E-state index in [1.807, 2.05) is 18.4 Å². The van der Waals surface area contributed by atoms with Gasteiger partial charge in [-0.1, -0.05) is 12.1 Å². The van der Waals surface area contributed by atoms with Crippen molar-refractivity contribution in [3.8, 4) is 5.69 Å². The standard InChI is InChI=1S/C15H10FN3OS/c1-8-5-9(7-21-8)19-15(20)11-6-17-14-10(13(11)18-19)3-2-4-12(14)16/h2-7,18H,1H3. The van der Waals surface area contributed by atoms with E-state index < -0.39 is 5.82 Å². The number of pyridine rings is 1. The molecule has 4 nitrogen and oxygen atoms in total. The molecule has 0 aliphatic heterocycles. The van der Waals surface area contributed by atoms with Gasteiger partial charge in [0, 0.05) is 21.8 Å². The molecule has 0 amide bonds. The fourth-order valence-electron chi connectivity index (χ4n) is 2.48. The van der Waals surface area contributed by atoms with E-state index >= 15 is 0 Å². The minimum Gasteiger partial charge on any atom is -0.290 e. The lowest BCUT2D eigenvalue weighted by Crippen LogP contribution is -2.13. The number of hydrogen-bond acceptors (Lipinski definition) is 3. The van der Waals surface area contributed by atoms with Crippen molar-refractivity contribution in [3.05, 3.63) is 56.9 Å². The molecule has 0 unspecified atom stereocenters. The molecule has 0 fully saturated rings. The molecule has 104 valence electrons. The minimum atomic E-state index is -0.394. The summed E-state index contributed by atoms with van der Waals surface area (Å²) in [4.78, 5) is 17.7. The van der Waals surface area contributed by atoms with E-state index in [1.165, 1.54) is 16.9 Å². The second kappa shape index (κ2) is 4.26. The van der Waals surface area contributed by atoms with Gasteiger partial charge in [0.1, 0.15) is 11.3 Å². The number of H-pyrrole nitrogens is 1. The Labute approximate surface area is 122 Å². The van der Waals surface area contributed by atoms with Gasteiger partial charge in [0.05, 0.1) is 16.6 Å². The monoisotopic (exact) mass is 299 g/mol. The third-order valence-electron chi connectivity index (χ3n) is 3.48. The first kappa shape index (κ1) is 12.3. The molecular weight excluding hydrogens is 289 g/mol. The zero-order valence-corrected chi connectivity index (χ0v) is 11.9. The number of halogens is 1. The number of hydrogen-bond donors (Lipinski definition) is 1. The summed E-state index contributed by atoms with van der Waals surface area (Å²) in [6.07, 6.45) is 1.43. The average Bonchev–Trinajstić information content (AvgIpc) is 3.04. The molecule has 0 aliphatic carbocycles. The Hall–Kier alpha value is -2.47. The summed E-state index contributed by atoms with van der Waals surface area (Å²) < 4.78 is 15.3. The van der Waals surface area contributed by atoms with Crippen molar-refractivity contribution >= 4 is 33.1 Å². The number of thiophene rings is 1. The molecule has 1 N–H and O–H groups in total. The third-order valence-corrected chi connectivity index (χ3v) is 4.33. The third kappa shape index (κ3) is 1.72. The molecule has 3 aromatic heterocycles. The number of aromatic nitrogens is 3. The SMILES string of the molecule is Cc1cc(-n2[nH]c3c(cnc4c(F)cccc43)c2=O)cs1. The molecule has 0 spiro atoms. The molecule has 1 aromatic carbocycles. The number of nitrogens with zero attached hydrogens (tertiary/aromatic N) is 2. The van der Waals surface area contributed by atoms with Crippen molar-refractivity contribution in [2.45, 2.75) is 6.92 Å². The smallest absolute Gasteiger partial charge is 0.280 e. The molecule has 0 atom stereocenters. The number of aryl methyl sites for hydroxylation is 1. The summed E-state index contributed by atoms with van der Waals surface area (Å²) >= 11 is 1.57. The second-order valence-corrected chi connectivity index (χ2v) is 5.97. The number of benzene rings is 1. The summed E-state index contributed by atoms with van der Waals surface area (Å²) in [5.74, 6) is -0.394. The van der Waals surface area contributed by atoms with Gasteiger partial charge in [0.15, 0.2) is 0 Å². The van der Waals surface area contributed by atoms with E-state index in [-0.39, 0.29) is 11.1 Å². The van der Waals surface area contributed by atoms with Gasteiger partial charge in [-0.15, -0.1) is 11.3 Å². The molecule has 3 heterocycles. The van der Waals surface area contributed by atoms with Gasteiger partial charge in [-0.05, 0) is 19.1 Å². The quantitative estimate of drug-likeness (QED) is 0.586. The number of para-hydroxylation sites is 1. The van der Waals surface area contributed by atoms with Crippen LogP contribution in [0.2, 0.25) is 0 Å². The number of fused-ring (bicyclic) bond motifs is 3. The minimum absolute atomic E-state index is 0.179. The van der Waals surface area contributed by atoms with Gasteiger partial charge < -0.3 is 0 Å². The van der Waals surface area contributed by atoms with Gasteiger partial charge in [-0.3, -0.25) is 14.9 Å². The van der Waals surface area contributed by atoms with Crippen LogP contribution in [0, 0.1) is 12.7 Å². The molecule has 0 saturated heterocycles. The van der Waals surface area contributed by atoms with Crippen molar-refractivity contribution in [2.75, 3.05) is 0 Å². The first-order valence-electron chi connectivity index (χ1n) is 6.38. The first-order valence-corrected chi connectivity index (χ1v) is 7.26. The molecule has 0 radical (unpaired) electrons. The Bertz CT molecular complexity index is 1040. The van der Waals surface area contributed by atoms with Crippen molar-refractivity contribution in [1.82, 2.24) is 14.8 Å².